The quantitative estimate of drug-likeness (QED) is 0.812. The Labute approximate surface area is 160 Å². The maximum atomic E-state index is 13.1. The van der Waals surface area contributed by atoms with Gasteiger partial charge in [-0.1, -0.05) is 18.2 Å². The molecule has 0 aliphatic carbocycles. The number of amides is 1. The lowest BCUT2D eigenvalue weighted by Gasteiger charge is -2.40. The molecule has 4 rings (SSSR count). The van der Waals surface area contributed by atoms with Gasteiger partial charge in [0.1, 0.15) is 0 Å². The highest BCUT2D eigenvalue weighted by Crippen LogP contribution is 2.31. The van der Waals surface area contributed by atoms with E-state index in [1.54, 1.807) is 34.5 Å². The van der Waals surface area contributed by atoms with Gasteiger partial charge in [-0.2, -0.15) is 4.31 Å². The van der Waals surface area contributed by atoms with Gasteiger partial charge >= 0.3 is 0 Å². The van der Waals surface area contributed by atoms with Crippen molar-refractivity contribution in [3.05, 3.63) is 54.1 Å². The third-order valence-corrected chi connectivity index (χ3v) is 7.31. The minimum absolute atomic E-state index is 0.00959. The fourth-order valence-corrected chi connectivity index (χ4v) is 5.46. The molecule has 2 aromatic carbocycles. The SMILES string of the molecule is CC1CN(S(=O)(=O)c2ccc3c(c2)CC(=O)N3C)CCN1c1ccccc1. The molecule has 27 heavy (non-hydrogen) atoms. The number of likely N-dealkylation sites (N-methyl/N-ethyl adjacent to an activating group) is 1. The van der Waals surface area contributed by atoms with Gasteiger partial charge in [0.15, 0.2) is 0 Å². The minimum atomic E-state index is -3.58. The summed E-state index contributed by atoms with van der Waals surface area (Å²) in [7, 11) is -1.87. The van der Waals surface area contributed by atoms with Crippen LogP contribution in [0, 0.1) is 0 Å². The second-order valence-corrected chi connectivity index (χ2v) is 9.10. The van der Waals surface area contributed by atoms with E-state index in [0.29, 0.717) is 19.6 Å². The second kappa shape index (κ2) is 6.65. The molecule has 1 unspecified atom stereocenters. The van der Waals surface area contributed by atoms with Crippen molar-refractivity contribution in [2.45, 2.75) is 24.3 Å². The van der Waals surface area contributed by atoms with E-state index in [9.17, 15) is 13.2 Å². The molecule has 0 spiro atoms. The zero-order chi connectivity index (χ0) is 19.2. The van der Waals surface area contributed by atoms with Gasteiger partial charge < -0.3 is 9.80 Å². The number of nitrogens with zero attached hydrogens (tertiary/aromatic N) is 3. The van der Waals surface area contributed by atoms with Gasteiger partial charge in [0.05, 0.1) is 11.3 Å². The van der Waals surface area contributed by atoms with E-state index in [0.717, 1.165) is 16.9 Å². The van der Waals surface area contributed by atoms with Gasteiger partial charge in [-0.15, -0.1) is 0 Å². The molecule has 6 nitrogen and oxygen atoms in total. The average molecular weight is 385 g/mol. The first-order valence-electron chi connectivity index (χ1n) is 9.09. The van der Waals surface area contributed by atoms with Crippen LogP contribution in [0.4, 0.5) is 11.4 Å². The normalized spacial score (nSPS) is 20.8. The fourth-order valence-electron chi connectivity index (χ4n) is 3.90. The summed E-state index contributed by atoms with van der Waals surface area (Å²) in [5.74, 6) is -0.00959. The Morgan fingerprint density at radius 2 is 1.78 bits per heavy atom. The van der Waals surface area contributed by atoms with Crippen molar-refractivity contribution < 1.29 is 13.2 Å². The van der Waals surface area contributed by atoms with Crippen LogP contribution in [0.1, 0.15) is 12.5 Å². The summed E-state index contributed by atoms with van der Waals surface area (Å²) in [4.78, 5) is 16.0. The fraction of sp³-hybridized carbons (Fsp3) is 0.350. The molecule has 1 atom stereocenters. The Morgan fingerprint density at radius 3 is 2.48 bits per heavy atom. The van der Waals surface area contributed by atoms with Gasteiger partial charge in [-0.25, -0.2) is 8.42 Å². The summed E-state index contributed by atoms with van der Waals surface area (Å²) in [6, 6.07) is 15.1. The molecule has 1 saturated heterocycles. The number of para-hydroxylation sites is 1. The van der Waals surface area contributed by atoms with E-state index < -0.39 is 10.0 Å². The average Bonchev–Trinajstić information content (AvgIpc) is 2.96. The highest BCUT2D eigenvalue weighted by molar-refractivity contribution is 7.89. The largest absolute Gasteiger partial charge is 0.366 e. The molecular formula is C20H23N3O3S. The number of fused-ring (bicyclic) bond motifs is 1. The molecule has 0 aromatic heterocycles. The lowest BCUT2D eigenvalue weighted by Crippen LogP contribution is -2.53. The first-order valence-corrected chi connectivity index (χ1v) is 10.5. The molecule has 0 bridgehead atoms. The molecule has 2 aliphatic heterocycles. The number of hydrogen-bond acceptors (Lipinski definition) is 4. The number of anilines is 2. The number of carbonyl (C=O) groups is 1. The van der Waals surface area contributed by atoms with Crippen LogP contribution in [0.15, 0.2) is 53.4 Å². The van der Waals surface area contributed by atoms with Gasteiger partial charge in [0.2, 0.25) is 15.9 Å². The molecule has 0 radical (unpaired) electrons. The van der Waals surface area contributed by atoms with E-state index in [1.165, 1.54) is 0 Å². The Balaban J connectivity index is 1.56. The second-order valence-electron chi connectivity index (χ2n) is 7.16. The van der Waals surface area contributed by atoms with Gasteiger partial charge in [0, 0.05) is 44.1 Å². The highest BCUT2D eigenvalue weighted by atomic mass is 32.2. The van der Waals surface area contributed by atoms with Crippen molar-refractivity contribution in [3.8, 4) is 0 Å². The van der Waals surface area contributed by atoms with Crippen LogP contribution >= 0.6 is 0 Å². The van der Waals surface area contributed by atoms with Crippen molar-refractivity contribution in [3.63, 3.8) is 0 Å². The van der Waals surface area contributed by atoms with Crippen molar-refractivity contribution >= 4 is 27.3 Å². The minimum Gasteiger partial charge on any atom is -0.366 e. The van der Waals surface area contributed by atoms with Crippen LogP contribution in [-0.4, -0.2) is 51.4 Å². The van der Waals surface area contributed by atoms with Crippen molar-refractivity contribution in [1.82, 2.24) is 4.31 Å². The first-order chi connectivity index (χ1) is 12.9. The lowest BCUT2D eigenvalue weighted by atomic mass is 10.2. The monoisotopic (exact) mass is 385 g/mol. The summed E-state index contributed by atoms with van der Waals surface area (Å²) < 4.78 is 27.9. The van der Waals surface area contributed by atoms with E-state index in [4.69, 9.17) is 0 Å². The predicted octanol–water partition coefficient (Wildman–Crippen LogP) is 2.10. The van der Waals surface area contributed by atoms with Crippen molar-refractivity contribution in [1.29, 1.82) is 0 Å². The van der Waals surface area contributed by atoms with Gasteiger partial charge in [-0.05, 0) is 42.8 Å². The maximum Gasteiger partial charge on any atom is 0.243 e. The maximum absolute atomic E-state index is 13.1. The van der Waals surface area contributed by atoms with Crippen LogP contribution in [-0.2, 0) is 21.2 Å². The zero-order valence-corrected chi connectivity index (χ0v) is 16.3. The Kier molecular flexibility index (Phi) is 4.44. The number of carbonyl (C=O) groups excluding carboxylic acids is 1. The molecular weight excluding hydrogens is 362 g/mol. The highest BCUT2D eigenvalue weighted by Gasteiger charge is 2.33. The summed E-state index contributed by atoms with van der Waals surface area (Å²) in [5.41, 5.74) is 2.68. The summed E-state index contributed by atoms with van der Waals surface area (Å²) in [6.07, 6.45) is 0.257. The molecule has 2 aromatic rings. The molecule has 0 N–H and O–H groups in total. The summed E-state index contributed by atoms with van der Waals surface area (Å²) in [5, 5.41) is 0. The third kappa shape index (κ3) is 3.11. The number of benzene rings is 2. The Hall–Kier alpha value is -2.38. The van der Waals surface area contributed by atoms with Crippen LogP contribution in [0.25, 0.3) is 0 Å². The summed E-state index contributed by atoms with van der Waals surface area (Å²) >= 11 is 0. The number of sulfonamides is 1. The van der Waals surface area contributed by atoms with Crippen LogP contribution in [0.2, 0.25) is 0 Å². The zero-order valence-electron chi connectivity index (χ0n) is 15.5. The predicted molar refractivity (Wildman–Crippen MR) is 106 cm³/mol. The molecule has 0 saturated carbocycles. The molecule has 2 heterocycles. The van der Waals surface area contributed by atoms with Crippen molar-refractivity contribution in [2.24, 2.45) is 0 Å². The van der Waals surface area contributed by atoms with Crippen LogP contribution in [0.5, 0.6) is 0 Å². The number of hydrogen-bond donors (Lipinski definition) is 0. The van der Waals surface area contributed by atoms with Gasteiger partial charge in [-0.3, -0.25) is 4.79 Å². The van der Waals surface area contributed by atoms with E-state index >= 15 is 0 Å². The molecule has 1 fully saturated rings. The number of piperazine rings is 1. The topological polar surface area (TPSA) is 60.9 Å². The molecule has 7 heteroatoms. The Morgan fingerprint density at radius 1 is 1.04 bits per heavy atom. The standard InChI is InChI=1S/C20H23N3O3S/c1-15-14-22(10-11-23(15)17-6-4-3-5-7-17)27(25,26)18-8-9-19-16(12-18)13-20(24)21(19)2/h3-9,12,15H,10-11,13-14H2,1-2H3. The van der Waals surface area contributed by atoms with E-state index in [1.807, 2.05) is 25.1 Å². The van der Waals surface area contributed by atoms with Crippen LogP contribution < -0.4 is 9.80 Å². The van der Waals surface area contributed by atoms with E-state index in [-0.39, 0.29) is 23.3 Å². The summed E-state index contributed by atoms with van der Waals surface area (Å²) in [6.45, 7) is 3.58. The third-order valence-electron chi connectivity index (χ3n) is 5.44. The van der Waals surface area contributed by atoms with Crippen LogP contribution in [0.3, 0.4) is 0 Å². The van der Waals surface area contributed by atoms with Gasteiger partial charge in [0.25, 0.3) is 0 Å². The first kappa shape index (κ1) is 18.0. The molecule has 142 valence electrons. The van der Waals surface area contributed by atoms with Crippen molar-refractivity contribution in [2.75, 3.05) is 36.5 Å². The molecule has 2 aliphatic rings. The smallest absolute Gasteiger partial charge is 0.243 e. The van der Waals surface area contributed by atoms with E-state index in [2.05, 4.69) is 17.0 Å². The Bertz CT molecular complexity index is 975. The lowest BCUT2D eigenvalue weighted by molar-refractivity contribution is -0.117. The number of rotatable bonds is 3. The molecule has 1 amide bonds.